The summed E-state index contributed by atoms with van der Waals surface area (Å²) in [6.07, 6.45) is 3.24. The molecule has 3 atom stereocenters. The molecule has 2 bridgehead atoms. The average Bonchev–Trinajstić information content (AvgIpc) is 3.08. The SMILES string of the molecule is COc1ccc(COC(=O)C2CC3CCC2N3)cc1. The Bertz CT molecular complexity index is 457. The van der Waals surface area contributed by atoms with Gasteiger partial charge in [0.1, 0.15) is 12.4 Å². The summed E-state index contributed by atoms with van der Waals surface area (Å²) in [7, 11) is 1.64. The van der Waals surface area contributed by atoms with Gasteiger partial charge in [0.2, 0.25) is 0 Å². The average molecular weight is 261 g/mol. The molecule has 4 heteroatoms. The Morgan fingerprint density at radius 1 is 1.32 bits per heavy atom. The number of hydrogen-bond donors (Lipinski definition) is 1. The van der Waals surface area contributed by atoms with Crippen molar-refractivity contribution in [2.45, 2.75) is 38.0 Å². The number of ether oxygens (including phenoxy) is 2. The first kappa shape index (κ1) is 12.5. The van der Waals surface area contributed by atoms with E-state index in [9.17, 15) is 4.79 Å². The Kier molecular flexibility index (Phi) is 3.42. The first-order valence-electron chi connectivity index (χ1n) is 6.82. The molecule has 0 spiro atoms. The molecule has 0 aliphatic carbocycles. The highest BCUT2D eigenvalue weighted by Gasteiger charge is 2.43. The largest absolute Gasteiger partial charge is 0.497 e. The highest BCUT2D eigenvalue weighted by Crippen LogP contribution is 2.34. The quantitative estimate of drug-likeness (QED) is 0.841. The molecule has 0 radical (unpaired) electrons. The maximum Gasteiger partial charge on any atom is 0.310 e. The molecule has 1 aromatic carbocycles. The minimum atomic E-state index is -0.0597. The van der Waals surface area contributed by atoms with E-state index in [-0.39, 0.29) is 11.9 Å². The summed E-state index contributed by atoms with van der Waals surface area (Å²) in [6, 6.07) is 8.47. The van der Waals surface area contributed by atoms with Crippen LogP contribution in [0.15, 0.2) is 24.3 Å². The molecular weight excluding hydrogens is 242 g/mol. The van der Waals surface area contributed by atoms with Crippen molar-refractivity contribution >= 4 is 5.97 Å². The van der Waals surface area contributed by atoms with Crippen molar-refractivity contribution < 1.29 is 14.3 Å². The van der Waals surface area contributed by atoms with Gasteiger partial charge in [-0.15, -0.1) is 0 Å². The van der Waals surface area contributed by atoms with Gasteiger partial charge in [-0.3, -0.25) is 4.79 Å². The molecule has 2 saturated heterocycles. The molecule has 102 valence electrons. The van der Waals surface area contributed by atoms with Crippen LogP contribution in [0.5, 0.6) is 5.75 Å². The number of rotatable bonds is 4. The van der Waals surface area contributed by atoms with Crippen LogP contribution in [0.1, 0.15) is 24.8 Å². The molecule has 0 saturated carbocycles. The number of carbonyl (C=O) groups is 1. The van der Waals surface area contributed by atoms with Crippen LogP contribution < -0.4 is 10.1 Å². The lowest BCUT2D eigenvalue weighted by molar-refractivity contribution is -0.150. The molecule has 2 aliphatic heterocycles. The molecule has 0 aromatic heterocycles. The van der Waals surface area contributed by atoms with Crippen molar-refractivity contribution in [3.8, 4) is 5.75 Å². The number of fused-ring (bicyclic) bond motifs is 2. The fourth-order valence-corrected chi connectivity index (χ4v) is 3.07. The topological polar surface area (TPSA) is 47.6 Å². The van der Waals surface area contributed by atoms with Crippen LogP contribution in [-0.4, -0.2) is 25.2 Å². The number of nitrogens with one attached hydrogen (secondary N) is 1. The number of methoxy groups -OCH3 is 1. The van der Waals surface area contributed by atoms with Gasteiger partial charge in [-0.25, -0.2) is 0 Å². The lowest BCUT2D eigenvalue weighted by Gasteiger charge is -2.18. The fraction of sp³-hybridized carbons (Fsp3) is 0.533. The van der Waals surface area contributed by atoms with Gasteiger partial charge in [0.25, 0.3) is 0 Å². The van der Waals surface area contributed by atoms with E-state index >= 15 is 0 Å². The van der Waals surface area contributed by atoms with Crippen molar-refractivity contribution in [1.82, 2.24) is 5.32 Å². The normalized spacial score (nSPS) is 28.4. The van der Waals surface area contributed by atoms with Crippen LogP contribution >= 0.6 is 0 Å². The molecule has 2 aliphatic rings. The van der Waals surface area contributed by atoms with E-state index in [0.29, 0.717) is 18.7 Å². The monoisotopic (exact) mass is 261 g/mol. The summed E-state index contributed by atoms with van der Waals surface area (Å²) in [6.45, 7) is 0.344. The number of hydrogen-bond acceptors (Lipinski definition) is 4. The smallest absolute Gasteiger partial charge is 0.310 e. The zero-order valence-electron chi connectivity index (χ0n) is 11.1. The maximum atomic E-state index is 12.0. The van der Waals surface area contributed by atoms with E-state index in [4.69, 9.17) is 9.47 Å². The minimum Gasteiger partial charge on any atom is -0.497 e. The van der Waals surface area contributed by atoms with Crippen LogP contribution in [0.25, 0.3) is 0 Å². The third-order valence-corrected chi connectivity index (χ3v) is 4.14. The molecule has 2 heterocycles. The predicted octanol–water partition coefficient (Wildman–Crippen LogP) is 1.88. The van der Waals surface area contributed by atoms with Crippen LogP contribution in [0.4, 0.5) is 0 Å². The summed E-state index contributed by atoms with van der Waals surface area (Å²) >= 11 is 0. The Hall–Kier alpha value is -1.55. The van der Waals surface area contributed by atoms with Gasteiger partial charge >= 0.3 is 5.97 Å². The number of benzene rings is 1. The highest BCUT2D eigenvalue weighted by molar-refractivity contribution is 5.74. The van der Waals surface area contributed by atoms with Crippen molar-refractivity contribution in [3.05, 3.63) is 29.8 Å². The second-order valence-corrected chi connectivity index (χ2v) is 5.35. The van der Waals surface area contributed by atoms with E-state index in [2.05, 4.69) is 5.32 Å². The molecule has 2 fully saturated rings. The highest BCUT2D eigenvalue weighted by atomic mass is 16.5. The van der Waals surface area contributed by atoms with E-state index in [1.807, 2.05) is 24.3 Å². The van der Waals surface area contributed by atoms with Gasteiger partial charge in [-0.05, 0) is 37.0 Å². The van der Waals surface area contributed by atoms with Crippen molar-refractivity contribution in [2.75, 3.05) is 7.11 Å². The second-order valence-electron chi connectivity index (χ2n) is 5.35. The molecular formula is C15H19NO3. The first-order valence-corrected chi connectivity index (χ1v) is 6.82. The summed E-state index contributed by atoms with van der Waals surface area (Å²) in [4.78, 5) is 12.0. The first-order chi connectivity index (χ1) is 9.26. The van der Waals surface area contributed by atoms with Crippen molar-refractivity contribution in [1.29, 1.82) is 0 Å². The number of esters is 1. The van der Waals surface area contributed by atoms with Crippen LogP contribution in [0, 0.1) is 5.92 Å². The maximum absolute atomic E-state index is 12.0. The molecule has 3 rings (SSSR count). The third kappa shape index (κ3) is 2.59. The second kappa shape index (κ2) is 5.21. The minimum absolute atomic E-state index is 0.0528. The number of carbonyl (C=O) groups excluding carboxylic acids is 1. The van der Waals surface area contributed by atoms with Gasteiger partial charge in [0, 0.05) is 12.1 Å². The fourth-order valence-electron chi connectivity index (χ4n) is 3.07. The summed E-state index contributed by atoms with van der Waals surface area (Å²) in [5.74, 6) is 0.805. The third-order valence-electron chi connectivity index (χ3n) is 4.14. The summed E-state index contributed by atoms with van der Waals surface area (Å²) < 4.78 is 10.5. The molecule has 1 aromatic rings. The van der Waals surface area contributed by atoms with Gasteiger partial charge < -0.3 is 14.8 Å². The summed E-state index contributed by atoms with van der Waals surface area (Å²) in [5.41, 5.74) is 0.991. The molecule has 3 unspecified atom stereocenters. The Balaban J connectivity index is 1.52. The van der Waals surface area contributed by atoms with E-state index in [0.717, 1.165) is 24.2 Å². The summed E-state index contributed by atoms with van der Waals surface area (Å²) in [5, 5.41) is 3.45. The van der Waals surface area contributed by atoms with Crippen LogP contribution in [0.3, 0.4) is 0 Å². The molecule has 1 N–H and O–H groups in total. The predicted molar refractivity (Wildman–Crippen MR) is 70.8 cm³/mol. The lowest BCUT2D eigenvalue weighted by atomic mass is 9.89. The van der Waals surface area contributed by atoms with Gasteiger partial charge in [0.05, 0.1) is 13.0 Å². The lowest BCUT2D eigenvalue weighted by Crippen LogP contribution is -2.30. The van der Waals surface area contributed by atoms with Gasteiger partial charge in [0.15, 0.2) is 0 Å². The van der Waals surface area contributed by atoms with E-state index in [1.54, 1.807) is 7.11 Å². The van der Waals surface area contributed by atoms with Crippen molar-refractivity contribution in [3.63, 3.8) is 0 Å². The molecule has 19 heavy (non-hydrogen) atoms. The molecule has 4 nitrogen and oxygen atoms in total. The zero-order chi connectivity index (χ0) is 13.2. The van der Waals surface area contributed by atoms with E-state index < -0.39 is 0 Å². The van der Waals surface area contributed by atoms with Gasteiger partial charge in [-0.1, -0.05) is 12.1 Å². The van der Waals surface area contributed by atoms with Crippen LogP contribution in [0.2, 0.25) is 0 Å². The Morgan fingerprint density at radius 3 is 2.68 bits per heavy atom. The van der Waals surface area contributed by atoms with Crippen LogP contribution in [-0.2, 0) is 16.1 Å². The standard InChI is InChI=1S/C15H19NO3/c1-18-12-5-2-10(3-6-12)9-19-15(17)13-8-11-4-7-14(13)16-11/h2-3,5-6,11,13-14,16H,4,7-9H2,1H3. The van der Waals surface area contributed by atoms with Crippen molar-refractivity contribution in [2.24, 2.45) is 5.92 Å². The molecule has 0 amide bonds. The van der Waals surface area contributed by atoms with E-state index in [1.165, 1.54) is 6.42 Å². The zero-order valence-corrected chi connectivity index (χ0v) is 11.1. The Labute approximate surface area is 113 Å². The Morgan fingerprint density at radius 2 is 2.11 bits per heavy atom. The van der Waals surface area contributed by atoms with Gasteiger partial charge in [-0.2, -0.15) is 0 Å².